The molecular formula is C22H19Cl2N3O4. The van der Waals surface area contributed by atoms with Crippen LogP contribution in [0.25, 0.3) is 0 Å². The Morgan fingerprint density at radius 3 is 2.39 bits per heavy atom. The zero-order valence-electron chi connectivity index (χ0n) is 16.4. The van der Waals surface area contributed by atoms with Gasteiger partial charge in [0, 0.05) is 29.4 Å². The van der Waals surface area contributed by atoms with Gasteiger partial charge in [0.15, 0.2) is 6.61 Å². The second kappa shape index (κ2) is 10.3. The minimum atomic E-state index is -0.510. The maximum atomic E-state index is 12.5. The first kappa shape index (κ1) is 22.6. The summed E-state index contributed by atoms with van der Waals surface area (Å²) >= 11 is 11.8. The van der Waals surface area contributed by atoms with Crippen LogP contribution < -0.4 is 5.32 Å². The van der Waals surface area contributed by atoms with Gasteiger partial charge in [0.25, 0.3) is 11.8 Å². The largest absolute Gasteiger partial charge is 0.455 e. The molecule has 0 saturated carbocycles. The Balaban J connectivity index is 1.44. The van der Waals surface area contributed by atoms with E-state index in [-0.39, 0.29) is 16.8 Å². The van der Waals surface area contributed by atoms with E-state index in [2.05, 4.69) is 5.32 Å². The summed E-state index contributed by atoms with van der Waals surface area (Å²) in [6.07, 6.45) is 0.927. The van der Waals surface area contributed by atoms with Crippen molar-refractivity contribution in [2.75, 3.05) is 25.0 Å². The number of likely N-dealkylation sites (tertiary alicyclic amines) is 1. The van der Waals surface area contributed by atoms with Crippen molar-refractivity contribution in [2.24, 2.45) is 5.92 Å². The van der Waals surface area contributed by atoms with E-state index in [0.29, 0.717) is 47.8 Å². The van der Waals surface area contributed by atoms with E-state index >= 15 is 0 Å². The fourth-order valence-corrected chi connectivity index (χ4v) is 3.58. The van der Waals surface area contributed by atoms with E-state index in [1.54, 1.807) is 29.2 Å². The number of carbonyl (C=O) groups is 3. The molecule has 1 aliphatic rings. The average molecular weight is 460 g/mol. The predicted molar refractivity (Wildman–Crippen MR) is 116 cm³/mol. The minimum Gasteiger partial charge on any atom is -0.455 e. The van der Waals surface area contributed by atoms with Crippen LogP contribution in [0.15, 0.2) is 42.5 Å². The van der Waals surface area contributed by atoms with E-state index in [1.807, 2.05) is 6.07 Å². The topological polar surface area (TPSA) is 99.5 Å². The highest BCUT2D eigenvalue weighted by Crippen LogP contribution is 2.22. The Kier molecular flexibility index (Phi) is 7.50. The number of nitrogens with zero attached hydrogens (tertiary/aromatic N) is 2. The van der Waals surface area contributed by atoms with Crippen molar-refractivity contribution in [1.82, 2.24) is 4.90 Å². The Morgan fingerprint density at radius 1 is 1.10 bits per heavy atom. The number of hydrogen-bond donors (Lipinski definition) is 1. The number of carbonyl (C=O) groups excluding carboxylic acids is 3. The van der Waals surface area contributed by atoms with Crippen LogP contribution >= 0.6 is 23.2 Å². The van der Waals surface area contributed by atoms with Gasteiger partial charge in [-0.3, -0.25) is 14.4 Å². The lowest BCUT2D eigenvalue weighted by atomic mass is 9.96. The summed E-state index contributed by atoms with van der Waals surface area (Å²) in [7, 11) is 0. The number of anilines is 1. The molecule has 0 aromatic heterocycles. The van der Waals surface area contributed by atoms with Crippen molar-refractivity contribution >= 4 is 46.7 Å². The molecule has 7 nitrogen and oxygen atoms in total. The number of halogens is 2. The molecule has 160 valence electrons. The molecule has 1 saturated heterocycles. The Hall–Kier alpha value is -3.08. The smallest absolute Gasteiger partial charge is 0.309 e. The number of nitrogens with one attached hydrogen (secondary N) is 1. The first-order valence-electron chi connectivity index (χ1n) is 9.58. The van der Waals surface area contributed by atoms with Gasteiger partial charge in [0.1, 0.15) is 6.07 Å². The zero-order valence-corrected chi connectivity index (χ0v) is 17.9. The van der Waals surface area contributed by atoms with Gasteiger partial charge in [0.05, 0.1) is 16.5 Å². The number of esters is 1. The molecule has 1 N–H and O–H groups in total. The van der Waals surface area contributed by atoms with E-state index in [1.165, 1.54) is 18.2 Å². The number of rotatable bonds is 5. The van der Waals surface area contributed by atoms with Crippen molar-refractivity contribution in [2.45, 2.75) is 12.8 Å². The summed E-state index contributed by atoms with van der Waals surface area (Å²) in [6, 6.07) is 13.1. The summed E-state index contributed by atoms with van der Waals surface area (Å²) in [5.74, 6) is -1.45. The third-order valence-corrected chi connectivity index (χ3v) is 5.49. The molecule has 0 atom stereocenters. The normalized spacial score (nSPS) is 13.9. The number of hydrogen-bond acceptors (Lipinski definition) is 5. The predicted octanol–water partition coefficient (Wildman–Crippen LogP) is 3.90. The van der Waals surface area contributed by atoms with Crippen LogP contribution in [0.1, 0.15) is 28.8 Å². The quantitative estimate of drug-likeness (QED) is 0.683. The SMILES string of the molecule is N#Cc1ccc(NC(=O)COC(=O)C2CCN(C(=O)c3ccc(Cl)cc3)CC2)cc1Cl. The highest BCUT2D eigenvalue weighted by Gasteiger charge is 2.29. The lowest BCUT2D eigenvalue weighted by Crippen LogP contribution is -2.41. The van der Waals surface area contributed by atoms with Crippen molar-refractivity contribution in [1.29, 1.82) is 5.26 Å². The van der Waals surface area contributed by atoms with Crippen LogP contribution in [0.4, 0.5) is 5.69 Å². The monoisotopic (exact) mass is 459 g/mol. The van der Waals surface area contributed by atoms with Crippen LogP contribution in [0, 0.1) is 17.2 Å². The van der Waals surface area contributed by atoms with Crippen LogP contribution in [0.5, 0.6) is 0 Å². The van der Waals surface area contributed by atoms with Gasteiger partial charge >= 0.3 is 5.97 Å². The Bertz CT molecular complexity index is 1030. The summed E-state index contributed by atoms with van der Waals surface area (Å²) in [6.45, 7) is 0.425. The van der Waals surface area contributed by atoms with Gasteiger partial charge < -0.3 is 15.0 Å². The molecule has 1 fully saturated rings. The van der Waals surface area contributed by atoms with Gasteiger partial charge in [-0.15, -0.1) is 0 Å². The molecule has 2 aromatic carbocycles. The zero-order chi connectivity index (χ0) is 22.4. The Labute approximate surface area is 189 Å². The Morgan fingerprint density at radius 2 is 1.77 bits per heavy atom. The molecular weight excluding hydrogens is 441 g/mol. The van der Waals surface area contributed by atoms with E-state index in [4.69, 9.17) is 33.2 Å². The highest BCUT2D eigenvalue weighted by molar-refractivity contribution is 6.32. The molecule has 0 unspecified atom stereocenters. The first-order chi connectivity index (χ1) is 14.9. The van der Waals surface area contributed by atoms with E-state index in [9.17, 15) is 14.4 Å². The maximum absolute atomic E-state index is 12.5. The molecule has 31 heavy (non-hydrogen) atoms. The van der Waals surface area contributed by atoms with Crippen molar-refractivity contribution in [3.8, 4) is 6.07 Å². The average Bonchev–Trinajstić information content (AvgIpc) is 2.78. The lowest BCUT2D eigenvalue weighted by molar-refractivity contribution is -0.152. The van der Waals surface area contributed by atoms with Crippen molar-refractivity contribution in [3.05, 3.63) is 63.6 Å². The summed E-state index contributed by atoms with van der Waals surface area (Å²) in [4.78, 5) is 38.5. The van der Waals surface area contributed by atoms with Gasteiger partial charge in [-0.1, -0.05) is 23.2 Å². The van der Waals surface area contributed by atoms with Crippen molar-refractivity contribution < 1.29 is 19.1 Å². The number of nitriles is 1. The lowest BCUT2D eigenvalue weighted by Gasteiger charge is -2.31. The van der Waals surface area contributed by atoms with Gasteiger partial charge in [0.2, 0.25) is 0 Å². The molecule has 1 aliphatic heterocycles. The second-order valence-corrected chi connectivity index (χ2v) is 7.88. The summed E-state index contributed by atoms with van der Waals surface area (Å²) in [5, 5.41) is 12.2. The first-order valence-corrected chi connectivity index (χ1v) is 10.3. The minimum absolute atomic E-state index is 0.107. The fourth-order valence-electron chi connectivity index (χ4n) is 3.23. The third-order valence-electron chi connectivity index (χ3n) is 4.93. The maximum Gasteiger partial charge on any atom is 0.309 e. The van der Waals surface area contributed by atoms with E-state index in [0.717, 1.165) is 0 Å². The molecule has 0 bridgehead atoms. The molecule has 2 amide bonds. The van der Waals surface area contributed by atoms with Crippen molar-refractivity contribution in [3.63, 3.8) is 0 Å². The highest BCUT2D eigenvalue weighted by atomic mass is 35.5. The van der Waals surface area contributed by atoms with Crippen LogP contribution in [0.2, 0.25) is 10.0 Å². The van der Waals surface area contributed by atoms with E-state index < -0.39 is 18.5 Å². The van der Waals surface area contributed by atoms with Gasteiger partial charge in [-0.2, -0.15) is 5.26 Å². The third kappa shape index (κ3) is 5.97. The molecule has 2 aromatic rings. The number of benzene rings is 2. The second-order valence-electron chi connectivity index (χ2n) is 7.04. The van der Waals surface area contributed by atoms with Crippen LogP contribution in [0.3, 0.4) is 0 Å². The molecule has 0 spiro atoms. The molecule has 9 heteroatoms. The molecule has 0 radical (unpaired) electrons. The summed E-state index contributed by atoms with van der Waals surface area (Å²) < 4.78 is 5.13. The van der Waals surface area contributed by atoms with Crippen LogP contribution in [-0.2, 0) is 14.3 Å². The molecule has 3 rings (SSSR count). The molecule has 1 heterocycles. The standard InChI is InChI=1S/C22H19Cl2N3O4/c23-17-4-1-14(2-5-17)21(29)27-9-7-15(8-10-27)22(30)31-13-20(28)26-18-6-3-16(12-25)19(24)11-18/h1-6,11,15H,7-10,13H2,(H,26,28). The summed E-state index contributed by atoms with van der Waals surface area (Å²) in [5.41, 5.74) is 1.25. The number of amides is 2. The van der Waals surface area contributed by atoms with Gasteiger partial charge in [-0.05, 0) is 55.3 Å². The fraction of sp³-hybridized carbons (Fsp3) is 0.273. The number of ether oxygens (including phenoxy) is 1. The van der Waals surface area contributed by atoms with Gasteiger partial charge in [-0.25, -0.2) is 0 Å². The molecule has 0 aliphatic carbocycles. The number of piperidine rings is 1. The van der Waals surface area contributed by atoms with Crippen LogP contribution in [-0.4, -0.2) is 42.4 Å².